The highest BCUT2D eigenvalue weighted by atomic mass is 16.5. The van der Waals surface area contributed by atoms with Crippen LogP contribution in [0.4, 0.5) is 0 Å². The number of rotatable bonds is 3. The van der Waals surface area contributed by atoms with Crippen molar-refractivity contribution < 1.29 is 9.26 Å². The maximum absolute atomic E-state index is 5.58. The minimum Gasteiger partial charge on any atom is -0.375 e. The van der Waals surface area contributed by atoms with Gasteiger partial charge >= 0.3 is 0 Å². The Labute approximate surface area is 98.4 Å². The number of hydrogen-bond acceptors (Lipinski definition) is 5. The standard InChI is InChI=1S/C11H14N4O2/c1-2-9(13-3-1)11-14-10(17-15-11)6-8-7-12-4-5-16-8/h1-3,8,12-13H,4-7H2. The zero-order valence-corrected chi connectivity index (χ0v) is 9.35. The van der Waals surface area contributed by atoms with Crippen LogP contribution in [0.25, 0.3) is 11.5 Å². The lowest BCUT2D eigenvalue weighted by Gasteiger charge is -2.21. The predicted octanol–water partition coefficient (Wildman–Crippen LogP) is 0.596. The van der Waals surface area contributed by atoms with E-state index in [1.54, 1.807) is 0 Å². The Balaban J connectivity index is 1.68. The summed E-state index contributed by atoms with van der Waals surface area (Å²) in [4.78, 5) is 7.37. The second kappa shape index (κ2) is 4.68. The Morgan fingerprint density at radius 1 is 1.47 bits per heavy atom. The van der Waals surface area contributed by atoms with Crippen LogP contribution in [0.5, 0.6) is 0 Å². The van der Waals surface area contributed by atoms with Gasteiger partial charge in [-0.2, -0.15) is 4.98 Å². The predicted molar refractivity (Wildman–Crippen MR) is 60.4 cm³/mol. The first-order valence-corrected chi connectivity index (χ1v) is 5.70. The number of hydrogen-bond donors (Lipinski definition) is 2. The Bertz CT molecular complexity index is 460. The molecule has 0 saturated carbocycles. The van der Waals surface area contributed by atoms with E-state index in [2.05, 4.69) is 20.4 Å². The minimum atomic E-state index is 0.126. The second-order valence-electron chi connectivity index (χ2n) is 4.00. The van der Waals surface area contributed by atoms with Crippen molar-refractivity contribution in [3.05, 3.63) is 24.2 Å². The topological polar surface area (TPSA) is 76.0 Å². The number of nitrogens with one attached hydrogen (secondary N) is 2. The van der Waals surface area contributed by atoms with Crippen molar-refractivity contribution >= 4 is 0 Å². The summed E-state index contributed by atoms with van der Waals surface area (Å²) in [6.07, 6.45) is 2.61. The van der Waals surface area contributed by atoms with Gasteiger partial charge in [0.05, 0.1) is 24.8 Å². The van der Waals surface area contributed by atoms with Gasteiger partial charge in [-0.15, -0.1) is 0 Å². The summed E-state index contributed by atoms with van der Waals surface area (Å²) in [7, 11) is 0. The molecule has 1 fully saturated rings. The van der Waals surface area contributed by atoms with Gasteiger partial charge in [-0.25, -0.2) is 0 Å². The number of aromatic nitrogens is 3. The molecule has 1 saturated heterocycles. The van der Waals surface area contributed by atoms with Crippen molar-refractivity contribution in [2.45, 2.75) is 12.5 Å². The molecule has 1 aliphatic heterocycles. The van der Waals surface area contributed by atoms with E-state index in [4.69, 9.17) is 9.26 Å². The second-order valence-corrected chi connectivity index (χ2v) is 4.00. The van der Waals surface area contributed by atoms with E-state index in [1.807, 2.05) is 18.3 Å². The molecule has 2 aromatic rings. The molecule has 3 heterocycles. The van der Waals surface area contributed by atoms with Gasteiger partial charge in [0, 0.05) is 19.3 Å². The summed E-state index contributed by atoms with van der Waals surface area (Å²) in [5, 5.41) is 7.20. The molecular formula is C11H14N4O2. The van der Waals surface area contributed by atoms with Crippen molar-refractivity contribution in [3.8, 4) is 11.5 Å². The molecule has 90 valence electrons. The van der Waals surface area contributed by atoms with Crippen molar-refractivity contribution in [1.29, 1.82) is 0 Å². The van der Waals surface area contributed by atoms with E-state index < -0.39 is 0 Å². The molecule has 3 rings (SSSR count). The average molecular weight is 234 g/mol. The molecule has 1 aliphatic rings. The molecule has 2 N–H and O–H groups in total. The Morgan fingerprint density at radius 2 is 2.47 bits per heavy atom. The average Bonchev–Trinajstić information content (AvgIpc) is 3.00. The SMILES string of the molecule is c1c[nH]c(-c2noc(CC3CNCCO3)n2)c1. The van der Waals surface area contributed by atoms with E-state index in [0.717, 1.165) is 25.4 Å². The summed E-state index contributed by atoms with van der Waals surface area (Å²) in [6, 6.07) is 3.81. The lowest BCUT2D eigenvalue weighted by Crippen LogP contribution is -2.39. The van der Waals surface area contributed by atoms with Crippen molar-refractivity contribution in [1.82, 2.24) is 20.4 Å². The van der Waals surface area contributed by atoms with Gasteiger partial charge in [0.2, 0.25) is 11.7 Å². The molecule has 0 bridgehead atoms. The first-order valence-electron chi connectivity index (χ1n) is 5.70. The molecule has 0 aliphatic carbocycles. The van der Waals surface area contributed by atoms with Crippen LogP contribution in [0.3, 0.4) is 0 Å². The molecule has 6 nitrogen and oxygen atoms in total. The van der Waals surface area contributed by atoms with E-state index in [1.165, 1.54) is 0 Å². The molecule has 0 aromatic carbocycles. The van der Waals surface area contributed by atoms with Crippen LogP contribution >= 0.6 is 0 Å². The lowest BCUT2D eigenvalue weighted by molar-refractivity contribution is 0.0246. The minimum absolute atomic E-state index is 0.126. The first-order chi connectivity index (χ1) is 8.42. The molecule has 2 aromatic heterocycles. The zero-order valence-electron chi connectivity index (χ0n) is 9.35. The fraction of sp³-hybridized carbons (Fsp3) is 0.455. The van der Waals surface area contributed by atoms with E-state index in [0.29, 0.717) is 18.1 Å². The monoisotopic (exact) mass is 234 g/mol. The fourth-order valence-electron chi connectivity index (χ4n) is 1.86. The number of ether oxygens (including phenoxy) is 1. The van der Waals surface area contributed by atoms with Crippen LogP contribution in [0.1, 0.15) is 5.89 Å². The summed E-state index contributed by atoms with van der Waals surface area (Å²) in [6.45, 7) is 2.48. The molecule has 6 heteroatoms. The van der Waals surface area contributed by atoms with Crippen molar-refractivity contribution in [3.63, 3.8) is 0 Å². The van der Waals surface area contributed by atoms with E-state index in [-0.39, 0.29) is 6.10 Å². The maximum atomic E-state index is 5.58. The number of morpholine rings is 1. The van der Waals surface area contributed by atoms with E-state index >= 15 is 0 Å². The number of nitrogens with zero attached hydrogens (tertiary/aromatic N) is 2. The Hall–Kier alpha value is -1.66. The van der Waals surface area contributed by atoms with Crippen LogP contribution in [0.2, 0.25) is 0 Å². The maximum Gasteiger partial charge on any atom is 0.229 e. The molecule has 0 amide bonds. The molecule has 1 unspecified atom stereocenters. The van der Waals surface area contributed by atoms with Gasteiger partial charge in [0.1, 0.15) is 0 Å². The van der Waals surface area contributed by atoms with Gasteiger partial charge in [0.15, 0.2) is 0 Å². The summed E-state index contributed by atoms with van der Waals surface area (Å²) >= 11 is 0. The Kier molecular flexibility index (Phi) is 2.89. The van der Waals surface area contributed by atoms with Crippen LogP contribution in [-0.2, 0) is 11.2 Å². The van der Waals surface area contributed by atoms with Gasteiger partial charge in [-0.3, -0.25) is 0 Å². The largest absolute Gasteiger partial charge is 0.375 e. The van der Waals surface area contributed by atoms with Gasteiger partial charge in [0.25, 0.3) is 0 Å². The van der Waals surface area contributed by atoms with Crippen LogP contribution < -0.4 is 5.32 Å². The Morgan fingerprint density at radius 3 is 3.24 bits per heavy atom. The smallest absolute Gasteiger partial charge is 0.229 e. The van der Waals surface area contributed by atoms with Gasteiger partial charge < -0.3 is 19.6 Å². The fourth-order valence-corrected chi connectivity index (χ4v) is 1.86. The van der Waals surface area contributed by atoms with Crippen molar-refractivity contribution in [2.75, 3.05) is 19.7 Å². The first kappa shape index (κ1) is 10.5. The quantitative estimate of drug-likeness (QED) is 0.813. The number of H-pyrrole nitrogens is 1. The molecular weight excluding hydrogens is 220 g/mol. The highest BCUT2D eigenvalue weighted by Crippen LogP contribution is 2.14. The lowest BCUT2D eigenvalue weighted by atomic mass is 10.2. The molecule has 1 atom stereocenters. The zero-order chi connectivity index (χ0) is 11.5. The third kappa shape index (κ3) is 2.37. The van der Waals surface area contributed by atoms with Gasteiger partial charge in [-0.1, -0.05) is 5.16 Å². The van der Waals surface area contributed by atoms with Crippen LogP contribution in [0, 0.1) is 0 Å². The van der Waals surface area contributed by atoms with Crippen LogP contribution in [0.15, 0.2) is 22.9 Å². The van der Waals surface area contributed by atoms with Crippen molar-refractivity contribution in [2.24, 2.45) is 0 Å². The third-order valence-electron chi connectivity index (χ3n) is 2.71. The third-order valence-corrected chi connectivity index (χ3v) is 2.71. The number of aromatic amines is 1. The molecule has 17 heavy (non-hydrogen) atoms. The van der Waals surface area contributed by atoms with E-state index in [9.17, 15) is 0 Å². The van der Waals surface area contributed by atoms with Gasteiger partial charge in [-0.05, 0) is 12.1 Å². The summed E-state index contributed by atoms with van der Waals surface area (Å²) in [5.74, 6) is 1.21. The summed E-state index contributed by atoms with van der Waals surface area (Å²) in [5.41, 5.74) is 0.864. The highest BCUT2D eigenvalue weighted by Gasteiger charge is 2.18. The highest BCUT2D eigenvalue weighted by molar-refractivity contribution is 5.47. The normalized spacial score (nSPS) is 20.6. The summed E-state index contributed by atoms with van der Waals surface area (Å²) < 4.78 is 10.8. The molecule has 0 spiro atoms. The van der Waals surface area contributed by atoms with Crippen LogP contribution in [-0.4, -0.2) is 40.9 Å². The molecule has 0 radical (unpaired) electrons.